The molecule has 1 N–H and O–H groups in total. The third-order valence-electron chi connectivity index (χ3n) is 3.16. The highest BCUT2D eigenvalue weighted by atomic mass is 19.1. The zero-order valence-electron chi connectivity index (χ0n) is 11.5. The van der Waals surface area contributed by atoms with Gasteiger partial charge in [-0.1, -0.05) is 6.07 Å². The number of halogens is 1. The zero-order valence-corrected chi connectivity index (χ0v) is 11.5. The quantitative estimate of drug-likeness (QED) is 0.809. The largest absolute Gasteiger partial charge is 0.320 e. The first-order valence-electron chi connectivity index (χ1n) is 6.57. The van der Waals surface area contributed by atoms with Crippen LogP contribution in [0.1, 0.15) is 12.0 Å². The van der Waals surface area contributed by atoms with Crippen molar-refractivity contribution in [3.05, 3.63) is 41.8 Å². The monoisotopic (exact) mass is 261 g/mol. The van der Waals surface area contributed by atoms with E-state index in [0.29, 0.717) is 0 Å². The summed E-state index contributed by atoms with van der Waals surface area (Å²) in [7, 11) is 4.00. The maximum absolute atomic E-state index is 13.6. The standard InChI is InChI=1S/C15H20FN3/c1-17-6-4-8-19(2)11-13-10-14(16)9-12-5-3-7-18-15(12)13/h3,5,7,9-10,17H,4,6,8,11H2,1-2H3. The molecule has 0 unspecified atom stereocenters. The van der Waals surface area contributed by atoms with Gasteiger partial charge < -0.3 is 10.2 Å². The summed E-state index contributed by atoms with van der Waals surface area (Å²) in [6.07, 6.45) is 2.83. The Morgan fingerprint density at radius 2 is 2.21 bits per heavy atom. The van der Waals surface area contributed by atoms with Crippen LogP contribution in [0.25, 0.3) is 10.9 Å². The first-order valence-corrected chi connectivity index (χ1v) is 6.57. The van der Waals surface area contributed by atoms with Gasteiger partial charge in [0.05, 0.1) is 5.52 Å². The lowest BCUT2D eigenvalue weighted by Gasteiger charge is -2.17. The number of pyridine rings is 1. The Morgan fingerprint density at radius 1 is 1.37 bits per heavy atom. The highest BCUT2D eigenvalue weighted by Gasteiger charge is 2.07. The Labute approximate surface area is 113 Å². The van der Waals surface area contributed by atoms with Gasteiger partial charge in [-0.15, -0.1) is 0 Å². The van der Waals surface area contributed by atoms with Crippen molar-refractivity contribution in [2.24, 2.45) is 0 Å². The molecule has 2 rings (SSSR count). The van der Waals surface area contributed by atoms with Crippen LogP contribution in [0.15, 0.2) is 30.5 Å². The molecule has 0 radical (unpaired) electrons. The second-order valence-electron chi connectivity index (χ2n) is 4.83. The molecule has 0 spiro atoms. The summed E-state index contributed by atoms with van der Waals surface area (Å²) in [5.41, 5.74) is 1.84. The maximum atomic E-state index is 13.6. The van der Waals surface area contributed by atoms with Crippen molar-refractivity contribution in [3.8, 4) is 0 Å². The molecule has 0 saturated heterocycles. The molecule has 0 saturated carbocycles. The van der Waals surface area contributed by atoms with Crippen LogP contribution in [0.2, 0.25) is 0 Å². The summed E-state index contributed by atoms with van der Waals surface area (Å²) in [6.45, 7) is 2.69. The highest BCUT2D eigenvalue weighted by Crippen LogP contribution is 2.19. The van der Waals surface area contributed by atoms with E-state index in [9.17, 15) is 4.39 Å². The Kier molecular flexibility index (Phi) is 4.82. The molecule has 0 atom stereocenters. The van der Waals surface area contributed by atoms with E-state index >= 15 is 0 Å². The van der Waals surface area contributed by atoms with E-state index in [1.165, 1.54) is 6.07 Å². The van der Waals surface area contributed by atoms with Gasteiger partial charge in [0.25, 0.3) is 0 Å². The maximum Gasteiger partial charge on any atom is 0.124 e. The SMILES string of the molecule is CNCCCN(C)Cc1cc(F)cc2cccnc12. The van der Waals surface area contributed by atoms with Crippen LogP contribution < -0.4 is 5.32 Å². The summed E-state index contributed by atoms with van der Waals surface area (Å²) in [4.78, 5) is 6.56. The Hall–Kier alpha value is -1.52. The Bertz CT molecular complexity index is 542. The predicted octanol–water partition coefficient (Wildman–Crippen LogP) is 2.42. The molecule has 4 heteroatoms. The molecule has 0 fully saturated rings. The van der Waals surface area contributed by atoms with Crippen molar-refractivity contribution < 1.29 is 4.39 Å². The van der Waals surface area contributed by atoms with Gasteiger partial charge >= 0.3 is 0 Å². The van der Waals surface area contributed by atoms with Gasteiger partial charge in [0, 0.05) is 18.1 Å². The van der Waals surface area contributed by atoms with E-state index in [2.05, 4.69) is 22.2 Å². The number of fused-ring (bicyclic) bond motifs is 1. The van der Waals surface area contributed by atoms with Crippen LogP contribution >= 0.6 is 0 Å². The summed E-state index contributed by atoms with van der Waals surface area (Å²) in [5, 5.41) is 3.99. The number of aromatic nitrogens is 1. The fourth-order valence-corrected chi connectivity index (χ4v) is 2.24. The lowest BCUT2D eigenvalue weighted by Crippen LogP contribution is -2.22. The number of hydrogen-bond acceptors (Lipinski definition) is 3. The minimum atomic E-state index is -0.195. The topological polar surface area (TPSA) is 28.2 Å². The van der Waals surface area contributed by atoms with E-state index in [1.54, 1.807) is 12.3 Å². The van der Waals surface area contributed by atoms with E-state index < -0.39 is 0 Å². The molecule has 3 nitrogen and oxygen atoms in total. The van der Waals surface area contributed by atoms with Gasteiger partial charge in [-0.25, -0.2) is 4.39 Å². The number of nitrogens with zero attached hydrogens (tertiary/aromatic N) is 2. The summed E-state index contributed by atoms with van der Waals surface area (Å²) < 4.78 is 13.6. The lowest BCUT2D eigenvalue weighted by molar-refractivity contribution is 0.321. The van der Waals surface area contributed by atoms with E-state index in [0.717, 1.165) is 42.5 Å². The Balaban J connectivity index is 2.15. The normalized spacial score (nSPS) is 11.4. The van der Waals surface area contributed by atoms with Crippen molar-refractivity contribution in [2.45, 2.75) is 13.0 Å². The second-order valence-corrected chi connectivity index (χ2v) is 4.83. The molecule has 1 aromatic carbocycles. The van der Waals surface area contributed by atoms with Crippen LogP contribution in [-0.2, 0) is 6.54 Å². The fourth-order valence-electron chi connectivity index (χ4n) is 2.24. The third-order valence-corrected chi connectivity index (χ3v) is 3.16. The number of benzene rings is 1. The molecule has 19 heavy (non-hydrogen) atoms. The van der Waals surface area contributed by atoms with Crippen LogP contribution in [-0.4, -0.2) is 37.1 Å². The van der Waals surface area contributed by atoms with Gasteiger partial charge in [0.2, 0.25) is 0 Å². The lowest BCUT2D eigenvalue weighted by atomic mass is 10.1. The molecule has 2 aromatic rings. The average Bonchev–Trinajstić information content (AvgIpc) is 2.39. The molecular formula is C15H20FN3. The zero-order chi connectivity index (χ0) is 13.7. The summed E-state index contributed by atoms with van der Waals surface area (Å²) >= 11 is 0. The number of hydrogen-bond donors (Lipinski definition) is 1. The van der Waals surface area contributed by atoms with Crippen molar-refractivity contribution in [3.63, 3.8) is 0 Å². The van der Waals surface area contributed by atoms with E-state index in [-0.39, 0.29) is 5.82 Å². The van der Waals surface area contributed by atoms with Crippen molar-refractivity contribution >= 4 is 10.9 Å². The van der Waals surface area contributed by atoms with Crippen molar-refractivity contribution in [1.82, 2.24) is 15.2 Å². The Morgan fingerprint density at radius 3 is 3.00 bits per heavy atom. The van der Waals surface area contributed by atoms with Crippen molar-refractivity contribution in [2.75, 3.05) is 27.2 Å². The molecule has 1 aromatic heterocycles. The van der Waals surface area contributed by atoms with Gasteiger partial charge in [0.1, 0.15) is 5.82 Å². The first kappa shape index (κ1) is 13.9. The van der Waals surface area contributed by atoms with Gasteiger partial charge in [-0.2, -0.15) is 0 Å². The van der Waals surface area contributed by atoms with Crippen LogP contribution in [0.4, 0.5) is 4.39 Å². The van der Waals surface area contributed by atoms with Gasteiger partial charge in [-0.3, -0.25) is 4.98 Å². The average molecular weight is 261 g/mol. The molecule has 102 valence electrons. The molecule has 0 aliphatic heterocycles. The molecule has 0 aliphatic rings. The third kappa shape index (κ3) is 3.72. The molecule has 0 amide bonds. The molecule has 0 aliphatic carbocycles. The second kappa shape index (κ2) is 6.59. The first-order chi connectivity index (χ1) is 9.20. The fraction of sp³-hybridized carbons (Fsp3) is 0.400. The van der Waals surface area contributed by atoms with E-state index in [1.807, 2.05) is 19.2 Å². The smallest absolute Gasteiger partial charge is 0.124 e. The molecule has 1 heterocycles. The van der Waals surface area contributed by atoms with Crippen molar-refractivity contribution in [1.29, 1.82) is 0 Å². The van der Waals surface area contributed by atoms with Crippen LogP contribution in [0, 0.1) is 5.82 Å². The highest BCUT2D eigenvalue weighted by molar-refractivity contribution is 5.81. The minimum absolute atomic E-state index is 0.195. The van der Waals surface area contributed by atoms with E-state index in [4.69, 9.17) is 0 Å². The minimum Gasteiger partial charge on any atom is -0.320 e. The molecule has 0 bridgehead atoms. The van der Waals surface area contributed by atoms with Gasteiger partial charge in [-0.05, 0) is 57.4 Å². The number of rotatable bonds is 6. The van der Waals surface area contributed by atoms with Crippen LogP contribution in [0.5, 0.6) is 0 Å². The van der Waals surface area contributed by atoms with Crippen LogP contribution in [0.3, 0.4) is 0 Å². The predicted molar refractivity (Wildman–Crippen MR) is 76.6 cm³/mol. The van der Waals surface area contributed by atoms with Gasteiger partial charge in [0.15, 0.2) is 0 Å². The summed E-state index contributed by atoms with van der Waals surface area (Å²) in [6, 6.07) is 6.86. The summed E-state index contributed by atoms with van der Waals surface area (Å²) in [5.74, 6) is -0.195. The number of nitrogens with one attached hydrogen (secondary N) is 1. The molecular weight excluding hydrogens is 241 g/mol.